The third kappa shape index (κ3) is 75.7. The van der Waals surface area contributed by atoms with Gasteiger partial charge in [-0.3, -0.25) is 0 Å². The van der Waals surface area contributed by atoms with Crippen LogP contribution in [0.15, 0.2) is 326 Å². The van der Waals surface area contributed by atoms with Crippen LogP contribution in [0.25, 0.3) is 20.9 Å². The summed E-state index contributed by atoms with van der Waals surface area (Å²) >= 11 is 0. The number of aliphatic hydroxyl groups excluding tert-OH is 3. The quantitative estimate of drug-likeness (QED) is 0.0105. The van der Waals surface area contributed by atoms with Crippen LogP contribution in [0.2, 0.25) is 0 Å². The number of azide groups is 2. The number of ether oxygens (including phenoxy) is 4. The molecule has 0 saturated carbocycles. The fraction of sp³-hybridized carbons (Fsp3) is 0.470. The summed E-state index contributed by atoms with van der Waals surface area (Å²) in [5.74, 6) is 0. The second-order valence-corrected chi connectivity index (χ2v) is 28.1. The molecule has 3 atom stereocenters. The molecule has 0 aliphatic carbocycles. The van der Waals surface area contributed by atoms with Crippen LogP contribution in [0.4, 0.5) is 0 Å². The lowest BCUT2D eigenvalue weighted by Crippen LogP contribution is -2.36. The normalized spacial score (nSPS) is 10.3. The molecular weight excluding hydrogens is 1630 g/mol. The van der Waals surface area contributed by atoms with Gasteiger partial charge < -0.3 is 45.7 Å². The van der Waals surface area contributed by atoms with E-state index in [2.05, 4.69) is 209 Å². The lowest BCUT2D eigenvalue weighted by atomic mass is 10.0. The highest BCUT2D eigenvalue weighted by Crippen LogP contribution is 2.21. The van der Waals surface area contributed by atoms with Crippen molar-refractivity contribution in [2.45, 2.75) is 316 Å². The van der Waals surface area contributed by atoms with Crippen molar-refractivity contribution in [3.05, 3.63) is 392 Å². The molecule has 0 amide bonds. The molecule has 10 aromatic rings. The van der Waals surface area contributed by atoms with Gasteiger partial charge in [-0.15, -0.1) is 6.58 Å². The van der Waals surface area contributed by atoms with Gasteiger partial charge in [-0.25, -0.2) is 0 Å². The molecule has 0 spiro atoms. The molecule has 7 N–H and O–H groups in total. The number of rotatable bonds is 47. The number of hydrogen-bond donors (Lipinski definition) is 5. The van der Waals surface area contributed by atoms with Gasteiger partial charge in [-0.05, 0) is 195 Å². The molecule has 0 heterocycles. The van der Waals surface area contributed by atoms with Crippen molar-refractivity contribution >= 4 is 0 Å². The van der Waals surface area contributed by atoms with Crippen molar-refractivity contribution in [2.75, 3.05) is 46.1 Å². The summed E-state index contributed by atoms with van der Waals surface area (Å²) in [5, 5.41) is 35.6. The van der Waals surface area contributed by atoms with Crippen LogP contribution in [0.3, 0.4) is 0 Å². The summed E-state index contributed by atoms with van der Waals surface area (Å²) in [6.45, 7) is 45.6. The van der Waals surface area contributed by atoms with Gasteiger partial charge in [0.05, 0.1) is 69.6 Å². The van der Waals surface area contributed by atoms with Crippen molar-refractivity contribution in [3.8, 4) is 0 Å². The maximum Gasteiger partial charge on any atom is 0.100 e. The predicted octanol–water partition coefficient (Wildman–Crippen LogP) is 30.2. The molecule has 0 bridgehead atoms. The van der Waals surface area contributed by atoms with Crippen LogP contribution in [-0.2, 0) is 83.2 Å². The van der Waals surface area contributed by atoms with Gasteiger partial charge in [-0.2, -0.15) is 0 Å². The Hall–Kier alpha value is -9.80. The summed E-state index contributed by atoms with van der Waals surface area (Å²) in [6.07, 6.45) is 20.7. The van der Waals surface area contributed by atoms with E-state index in [4.69, 9.17) is 46.6 Å². The van der Waals surface area contributed by atoms with E-state index in [0.29, 0.717) is 25.9 Å². The largest absolute Gasteiger partial charge is 0.394 e. The number of nitrogens with two attached hydrogens (primary N) is 2. The molecule has 0 saturated heterocycles. The summed E-state index contributed by atoms with van der Waals surface area (Å²) in [7, 11) is 0. The summed E-state index contributed by atoms with van der Waals surface area (Å²) < 4.78 is 23.8. The van der Waals surface area contributed by atoms with E-state index < -0.39 is 12.1 Å². The minimum absolute atomic E-state index is 0.0351. The molecule has 10 aromatic carbocycles. The van der Waals surface area contributed by atoms with Crippen molar-refractivity contribution in [1.29, 1.82) is 0 Å². The first-order valence-corrected chi connectivity index (χ1v) is 50.0. The number of aliphatic hydroxyl groups is 3. The highest BCUT2D eigenvalue weighted by molar-refractivity contribution is 5.22. The fourth-order valence-corrected chi connectivity index (χ4v) is 12.5. The molecule has 3 unspecified atom stereocenters. The average Bonchev–Trinajstić information content (AvgIpc) is 0.917. The van der Waals surface area contributed by atoms with Gasteiger partial charge >= 0.3 is 0 Å². The van der Waals surface area contributed by atoms with Crippen LogP contribution in [-0.4, -0.2) is 110 Å². The Morgan fingerprint density at radius 2 is 0.492 bits per heavy atom. The van der Waals surface area contributed by atoms with Crippen LogP contribution in [0, 0.1) is 0 Å². The first kappa shape index (κ1) is 131. The molecule has 132 heavy (non-hydrogen) atoms. The van der Waals surface area contributed by atoms with E-state index in [-0.39, 0.29) is 56.8 Å². The Morgan fingerprint density at radius 3 is 0.682 bits per heavy atom. The van der Waals surface area contributed by atoms with Gasteiger partial charge in [0.1, 0.15) is 6.10 Å². The monoisotopic (exact) mass is 1810 g/mol. The molecule has 15 nitrogen and oxygen atoms in total. The van der Waals surface area contributed by atoms with Gasteiger partial charge in [0.2, 0.25) is 0 Å². The molecule has 0 aromatic heterocycles. The summed E-state index contributed by atoms with van der Waals surface area (Å²) in [4.78, 5) is 5.54. The zero-order valence-corrected chi connectivity index (χ0v) is 85.7. The van der Waals surface area contributed by atoms with Crippen molar-refractivity contribution in [2.24, 2.45) is 21.7 Å². The van der Waals surface area contributed by atoms with Crippen LogP contribution in [0.1, 0.15) is 258 Å². The SMILES string of the molecule is C=CCOC(CCc1ccccc1)CCc1ccccc1.CC.CC.CC.CC.CC.CC.CC.CC.CC.CC.NCC(N)COC(CCc1ccccc1)CCc1ccccc1.OC(CCc1ccccc1)CCc1ccccc1.OCC(O)COC(CCc1ccccc1)CCc1ccccc1.[N-]=[N+]=NCC(COC(CCc1ccccc1)CCc1ccccc1)N=[N+]=[N-]. The first-order chi connectivity index (χ1) is 65.1. The summed E-state index contributed by atoms with van der Waals surface area (Å²) in [6, 6.07) is 104. The molecule has 732 valence electrons. The van der Waals surface area contributed by atoms with Crippen LogP contribution in [0.5, 0.6) is 0 Å². The van der Waals surface area contributed by atoms with E-state index in [1.807, 2.05) is 266 Å². The highest BCUT2D eigenvalue weighted by atomic mass is 16.5. The minimum Gasteiger partial charge on any atom is -0.394 e. The Morgan fingerprint density at radius 1 is 0.295 bits per heavy atom. The van der Waals surface area contributed by atoms with E-state index in [1.165, 1.54) is 55.6 Å². The van der Waals surface area contributed by atoms with E-state index in [9.17, 15) is 10.2 Å². The smallest absolute Gasteiger partial charge is 0.100 e. The Kier molecular flexibility index (Phi) is 102. The van der Waals surface area contributed by atoms with Crippen molar-refractivity contribution in [1.82, 2.24) is 0 Å². The van der Waals surface area contributed by atoms with Crippen molar-refractivity contribution < 1.29 is 34.3 Å². The molecule has 15 heteroatoms. The van der Waals surface area contributed by atoms with Crippen LogP contribution >= 0.6 is 0 Å². The highest BCUT2D eigenvalue weighted by Gasteiger charge is 2.17. The van der Waals surface area contributed by atoms with Gasteiger partial charge in [-0.1, -0.05) is 458 Å². The molecular formula is C117H182N8O7. The van der Waals surface area contributed by atoms with Crippen molar-refractivity contribution in [3.63, 3.8) is 0 Å². The summed E-state index contributed by atoms with van der Waals surface area (Å²) in [5.41, 5.74) is 41.8. The zero-order chi connectivity index (χ0) is 99.2. The molecule has 0 aliphatic heterocycles. The van der Waals surface area contributed by atoms with E-state index >= 15 is 0 Å². The minimum atomic E-state index is -0.800. The standard InChI is InChI=1S/C20H24N6O.C20H28N2O.C20H26O3.C20H24O.C17H20O.10C2H6/c21-25-23-15-19(24-26-22)16-27-20(13-11-17-7-3-1-4-8-17)14-12-18-9-5-2-6-10-18;2*21-15-19(22)16-23-20(13-11-17-7-3-1-4-8-17)14-12-18-9-5-2-6-10-18;1-2-17-21-20(15-13-18-9-5-3-6-10-18)16-14-19-11-7-4-8-12-19;18-17(13-11-15-7-3-1-4-8-15)14-12-16-9-5-2-6-10-16;10*1-2/h1-10,19-20H,11-16H2;1-10,19-20H,11-16,21-22H2;1-10,19-22H,11-16H2;2-12,20H,1,13-17H2;1-10,17-18H,11-14H2;10*1-2H3. The lowest BCUT2D eigenvalue weighted by molar-refractivity contribution is -0.0333. The average molecular weight is 1810 g/mol. The molecule has 10 rings (SSSR count). The topological polar surface area (TPSA) is 247 Å². The second kappa shape index (κ2) is 103. The number of benzene rings is 10. The number of nitrogens with zero attached hydrogens (tertiary/aromatic N) is 6. The first-order valence-electron chi connectivity index (χ1n) is 50.0. The maximum absolute atomic E-state index is 9.97. The lowest BCUT2D eigenvalue weighted by Gasteiger charge is -2.20. The predicted molar refractivity (Wildman–Crippen MR) is 573 cm³/mol. The van der Waals surface area contributed by atoms with Crippen LogP contribution < -0.4 is 11.5 Å². The Bertz CT molecular complexity index is 3660. The van der Waals surface area contributed by atoms with E-state index in [1.54, 1.807) is 0 Å². The van der Waals surface area contributed by atoms with Gasteiger partial charge in [0, 0.05) is 29.0 Å². The Balaban J connectivity index is -0.000000486. The molecule has 0 fully saturated rings. The third-order valence-corrected chi connectivity index (χ3v) is 19.1. The van der Waals surface area contributed by atoms with Gasteiger partial charge in [0.15, 0.2) is 0 Å². The third-order valence-electron chi connectivity index (χ3n) is 19.1. The number of hydrogen-bond acceptors (Lipinski definition) is 11. The van der Waals surface area contributed by atoms with E-state index in [0.717, 1.165) is 128 Å². The second-order valence-electron chi connectivity index (χ2n) is 28.1. The zero-order valence-electron chi connectivity index (χ0n) is 85.7. The fourth-order valence-electron chi connectivity index (χ4n) is 12.5. The molecule has 0 radical (unpaired) electrons. The number of aryl methyl sites for hydroxylation is 10. The maximum atomic E-state index is 9.97. The Labute approximate surface area is 805 Å². The van der Waals surface area contributed by atoms with Gasteiger partial charge in [0.25, 0.3) is 0 Å². The molecule has 0 aliphatic rings.